The maximum absolute atomic E-state index is 12.3. The SMILES string of the molecule is CN1CCCN(C(=O)c2ccc(C(N)=S)cn2)CC1=O. The topological polar surface area (TPSA) is 79.5 Å². The Labute approximate surface area is 122 Å². The van der Waals surface area contributed by atoms with Gasteiger partial charge in [-0.05, 0) is 18.6 Å². The fraction of sp³-hybridized carbons (Fsp3) is 0.385. The molecule has 2 amide bonds. The molecule has 0 aromatic carbocycles. The van der Waals surface area contributed by atoms with Gasteiger partial charge in [0.2, 0.25) is 5.91 Å². The molecule has 0 bridgehead atoms. The molecule has 1 aromatic heterocycles. The van der Waals surface area contributed by atoms with E-state index in [0.717, 1.165) is 6.42 Å². The largest absolute Gasteiger partial charge is 0.389 e. The van der Waals surface area contributed by atoms with Gasteiger partial charge in [-0.15, -0.1) is 0 Å². The van der Waals surface area contributed by atoms with E-state index in [9.17, 15) is 9.59 Å². The Bertz CT molecular complexity index is 544. The smallest absolute Gasteiger partial charge is 0.272 e. The summed E-state index contributed by atoms with van der Waals surface area (Å²) in [5.41, 5.74) is 6.39. The summed E-state index contributed by atoms with van der Waals surface area (Å²) >= 11 is 4.83. The third-order valence-electron chi connectivity index (χ3n) is 3.23. The highest BCUT2D eigenvalue weighted by molar-refractivity contribution is 7.80. The average Bonchev–Trinajstić information content (AvgIpc) is 2.60. The minimum atomic E-state index is -0.247. The molecule has 2 rings (SSSR count). The molecule has 20 heavy (non-hydrogen) atoms. The highest BCUT2D eigenvalue weighted by Crippen LogP contribution is 2.08. The fourth-order valence-corrected chi connectivity index (χ4v) is 2.11. The lowest BCUT2D eigenvalue weighted by atomic mass is 10.2. The Kier molecular flexibility index (Phi) is 4.29. The molecule has 1 aliphatic heterocycles. The van der Waals surface area contributed by atoms with E-state index in [4.69, 9.17) is 18.0 Å². The minimum absolute atomic E-state index is 0.0596. The first kappa shape index (κ1) is 14.4. The van der Waals surface area contributed by atoms with Crippen LogP contribution in [0.4, 0.5) is 0 Å². The fourth-order valence-electron chi connectivity index (χ4n) is 1.99. The van der Waals surface area contributed by atoms with Gasteiger partial charge < -0.3 is 15.5 Å². The van der Waals surface area contributed by atoms with Crippen molar-refractivity contribution in [1.29, 1.82) is 0 Å². The Hall–Kier alpha value is -2.02. The van der Waals surface area contributed by atoms with Gasteiger partial charge in [-0.25, -0.2) is 0 Å². The summed E-state index contributed by atoms with van der Waals surface area (Å²) in [6.07, 6.45) is 2.24. The van der Waals surface area contributed by atoms with Crippen LogP contribution in [0.1, 0.15) is 22.5 Å². The Morgan fingerprint density at radius 2 is 2.15 bits per heavy atom. The van der Waals surface area contributed by atoms with E-state index in [1.807, 2.05) is 0 Å². The van der Waals surface area contributed by atoms with Crippen LogP contribution in [-0.2, 0) is 4.79 Å². The van der Waals surface area contributed by atoms with Crippen LogP contribution in [0, 0.1) is 0 Å². The first-order chi connectivity index (χ1) is 9.49. The number of likely N-dealkylation sites (N-methyl/N-ethyl adjacent to an activating group) is 1. The normalized spacial score (nSPS) is 15.9. The van der Waals surface area contributed by atoms with Crippen LogP contribution < -0.4 is 5.73 Å². The molecule has 0 saturated carbocycles. The molecule has 106 valence electrons. The van der Waals surface area contributed by atoms with E-state index in [2.05, 4.69) is 4.98 Å². The monoisotopic (exact) mass is 292 g/mol. The summed E-state index contributed by atoms with van der Waals surface area (Å²) in [6, 6.07) is 3.24. The number of rotatable bonds is 2. The second-order valence-electron chi connectivity index (χ2n) is 4.69. The van der Waals surface area contributed by atoms with E-state index < -0.39 is 0 Å². The van der Waals surface area contributed by atoms with E-state index in [0.29, 0.717) is 24.3 Å². The minimum Gasteiger partial charge on any atom is -0.389 e. The first-order valence-corrected chi connectivity index (χ1v) is 6.69. The number of hydrogen-bond donors (Lipinski definition) is 1. The molecule has 0 radical (unpaired) electrons. The van der Waals surface area contributed by atoms with Gasteiger partial charge >= 0.3 is 0 Å². The highest BCUT2D eigenvalue weighted by atomic mass is 32.1. The van der Waals surface area contributed by atoms with Crippen molar-refractivity contribution in [3.8, 4) is 0 Å². The number of nitrogens with zero attached hydrogens (tertiary/aromatic N) is 3. The van der Waals surface area contributed by atoms with E-state index in [-0.39, 0.29) is 23.3 Å². The summed E-state index contributed by atoms with van der Waals surface area (Å²) < 4.78 is 0. The van der Waals surface area contributed by atoms with Crippen molar-refractivity contribution >= 4 is 29.0 Å². The molecule has 0 spiro atoms. The molecular formula is C13H16N4O2S. The van der Waals surface area contributed by atoms with Crippen molar-refractivity contribution in [3.63, 3.8) is 0 Å². The number of thiocarbonyl (C=S) groups is 1. The second-order valence-corrected chi connectivity index (χ2v) is 5.13. The van der Waals surface area contributed by atoms with Crippen molar-refractivity contribution in [2.24, 2.45) is 5.73 Å². The molecule has 2 N–H and O–H groups in total. The van der Waals surface area contributed by atoms with Gasteiger partial charge in [-0.1, -0.05) is 12.2 Å². The predicted octanol–water partition coefficient (Wildman–Crippen LogP) is 0.0201. The maximum Gasteiger partial charge on any atom is 0.272 e. The molecule has 1 aliphatic rings. The number of carbonyl (C=O) groups is 2. The van der Waals surface area contributed by atoms with Crippen LogP contribution in [0.5, 0.6) is 0 Å². The molecule has 0 atom stereocenters. The van der Waals surface area contributed by atoms with Gasteiger partial charge in [0.1, 0.15) is 17.2 Å². The van der Waals surface area contributed by atoms with Crippen molar-refractivity contribution in [3.05, 3.63) is 29.6 Å². The molecular weight excluding hydrogens is 276 g/mol. The van der Waals surface area contributed by atoms with Crippen LogP contribution in [0.2, 0.25) is 0 Å². The van der Waals surface area contributed by atoms with Crippen LogP contribution in [0.15, 0.2) is 18.3 Å². The van der Waals surface area contributed by atoms with Crippen LogP contribution >= 0.6 is 12.2 Å². The zero-order valence-corrected chi connectivity index (χ0v) is 12.0. The van der Waals surface area contributed by atoms with Crippen molar-refractivity contribution in [2.75, 3.05) is 26.7 Å². The Morgan fingerprint density at radius 3 is 2.75 bits per heavy atom. The zero-order chi connectivity index (χ0) is 14.7. The maximum atomic E-state index is 12.3. The molecule has 1 aromatic rings. The molecule has 6 nitrogen and oxygen atoms in total. The zero-order valence-electron chi connectivity index (χ0n) is 11.2. The molecule has 7 heteroatoms. The summed E-state index contributed by atoms with van der Waals surface area (Å²) in [4.78, 5) is 31.6. The summed E-state index contributed by atoms with van der Waals surface area (Å²) in [5.74, 6) is -0.307. The van der Waals surface area contributed by atoms with Gasteiger partial charge in [-0.3, -0.25) is 14.6 Å². The van der Waals surface area contributed by atoms with Crippen LogP contribution in [0.25, 0.3) is 0 Å². The lowest BCUT2D eigenvalue weighted by Crippen LogP contribution is -2.38. The average molecular weight is 292 g/mol. The van der Waals surface area contributed by atoms with Crippen LogP contribution in [-0.4, -0.2) is 58.3 Å². The quantitative estimate of drug-likeness (QED) is 0.777. The Morgan fingerprint density at radius 1 is 1.40 bits per heavy atom. The molecule has 0 aliphatic carbocycles. The number of nitrogens with two attached hydrogens (primary N) is 1. The van der Waals surface area contributed by atoms with E-state index >= 15 is 0 Å². The number of carbonyl (C=O) groups excluding carboxylic acids is 2. The van der Waals surface area contributed by atoms with Crippen molar-refractivity contribution in [2.45, 2.75) is 6.42 Å². The van der Waals surface area contributed by atoms with Crippen LogP contribution in [0.3, 0.4) is 0 Å². The number of aromatic nitrogens is 1. The van der Waals surface area contributed by atoms with Crippen molar-refractivity contribution in [1.82, 2.24) is 14.8 Å². The van der Waals surface area contributed by atoms with Gasteiger partial charge in [0.05, 0.1) is 0 Å². The third-order valence-corrected chi connectivity index (χ3v) is 3.46. The van der Waals surface area contributed by atoms with Gasteiger partial charge in [0.25, 0.3) is 5.91 Å². The molecule has 1 saturated heterocycles. The summed E-state index contributed by atoms with van der Waals surface area (Å²) in [5, 5.41) is 0. The molecule has 0 unspecified atom stereocenters. The standard InChI is InChI=1S/C13H16N4O2S/c1-16-5-2-6-17(8-11(16)18)13(19)10-4-3-9(7-15-10)12(14)20/h3-4,7H,2,5-6,8H2,1H3,(H2,14,20). The highest BCUT2D eigenvalue weighted by Gasteiger charge is 2.24. The lowest BCUT2D eigenvalue weighted by molar-refractivity contribution is -0.129. The molecule has 2 heterocycles. The number of pyridine rings is 1. The van der Waals surface area contributed by atoms with Gasteiger partial charge in [-0.2, -0.15) is 0 Å². The lowest BCUT2D eigenvalue weighted by Gasteiger charge is -2.19. The first-order valence-electron chi connectivity index (χ1n) is 6.28. The number of amides is 2. The van der Waals surface area contributed by atoms with Crippen molar-refractivity contribution < 1.29 is 9.59 Å². The second kappa shape index (κ2) is 5.96. The van der Waals surface area contributed by atoms with E-state index in [1.54, 1.807) is 24.1 Å². The predicted molar refractivity (Wildman–Crippen MR) is 78.3 cm³/mol. The Balaban J connectivity index is 2.14. The van der Waals surface area contributed by atoms with Gasteiger partial charge in [0, 0.05) is 31.9 Å². The number of hydrogen-bond acceptors (Lipinski definition) is 4. The summed E-state index contributed by atoms with van der Waals surface area (Å²) in [6.45, 7) is 1.30. The van der Waals surface area contributed by atoms with Gasteiger partial charge in [0.15, 0.2) is 0 Å². The van der Waals surface area contributed by atoms with E-state index in [1.165, 1.54) is 11.1 Å². The summed E-state index contributed by atoms with van der Waals surface area (Å²) in [7, 11) is 1.74. The third kappa shape index (κ3) is 3.11. The molecule has 1 fully saturated rings.